The minimum atomic E-state index is -0.158. The summed E-state index contributed by atoms with van der Waals surface area (Å²) in [5, 5.41) is 2.99. The number of hydrogen-bond donors (Lipinski definition) is 1. The topological polar surface area (TPSA) is 60.0 Å². The number of nitrogens with zero attached hydrogens (tertiary/aromatic N) is 1. The number of aryl methyl sites for hydroxylation is 1. The van der Waals surface area contributed by atoms with Gasteiger partial charge >= 0.3 is 6.03 Å². The van der Waals surface area contributed by atoms with E-state index in [2.05, 4.69) is 5.32 Å². The van der Waals surface area contributed by atoms with Gasteiger partial charge in [0.1, 0.15) is 12.4 Å². The molecule has 0 radical (unpaired) electrons. The Morgan fingerprint density at radius 1 is 1.12 bits per heavy atom. The summed E-state index contributed by atoms with van der Waals surface area (Å²) in [6.45, 7) is 5.10. The predicted molar refractivity (Wildman–Crippen MR) is 93.3 cm³/mol. The molecule has 130 valence electrons. The molecule has 1 atom stereocenters. The molecule has 25 heavy (non-hydrogen) atoms. The van der Waals surface area contributed by atoms with Crippen LogP contribution in [0.15, 0.2) is 36.4 Å². The van der Waals surface area contributed by atoms with E-state index < -0.39 is 0 Å². The number of carbonyl (C=O) groups excluding carboxylic acids is 1. The summed E-state index contributed by atoms with van der Waals surface area (Å²) in [7, 11) is 0. The fourth-order valence-corrected chi connectivity index (χ4v) is 3.05. The average Bonchev–Trinajstić information content (AvgIpc) is 2.97. The van der Waals surface area contributed by atoms with Crippen molar-refractivity contribution in [1.29, 1.82) is 0 Å². The molecule has 2 aromatic rings. The van der Waals surface area contributed by atoms with Crippen molar-refractivity contribution in [3.05, 3.63) is 47.5 Å². The molecule has 2 heterocycles. The SMILES string of the molecule is Cc1cc2c(cc1NC(=O)N1Cc3ccccc3OCC1C)OCO2. The molecule has 0 aliphatic carbocycles. The first-order chi connectivity index (χ1) is 12.1. The van der Waals surface area contributed by atoms with Crippen molar-refractivity contribution in [2.75, 3.05) is 18.7 Å². The van der Waals surface area contributed by atoms with Gasteiger partial charge in [0.05, 0.1) is 12.6 Å². The Kier molecular flexibility index (Phi) is 3.87. The second-order valence-corrected chi connectivity index (χ2v) is 6.35. The van der Waals surface area contributed by atoms with E-state index in [0.29, 0.717) is 24.7 Å². The molecule has 2 aromatic carbocycles. The molecule has 6 heteroatoms. The van der Waals surface area contributed by atoms with Crippen LogP contribution in [0.1, 0.15) is 18.1 Å². The highest BCUT2D eigenvalue weighted by atomic mass is 16.7. The van der Waals surface area contributed by atoms with Crippen molar-refractivity contribution in [2.24, 2.45) is 0 Å². The van der Waals surface area contributed by atoms with Gasteiger partial charge in [-0.25, -0.2) is 4.79 Å². The maximum absolute atomic E-state index is 12.9. The Bertz CT molecular complexity index is 821. The number of carbonyl (C=O) groups is 1. The smallest absolute Gasteiger partial charge is 0.322 e. The van der Waals surface area contributed by atoms with Crippen molar-refractivity contribution < 1.29 is 19.0 Å². The minimum Gasteiger partial charge on any atom is -0.491 e. The molecule has 1 unspecified atom stereocenters. The van der Waals surface area contributed by atoms with Gasteiger partial charge in [-0.3, -0.25) is 0 Å². The molecule has 0 aromatic heterocycles. The zero-order valence-corrected chi connectivity index (χ0v) is 14.2. The van der Waals surface area contributed by atoms with E-state index in [0.717, 1.165) is 22.6 Å². The van der Waals surface area contributed by atoms with Gasteiger partial charge in [0, 0.05) is 17.3 Å². The fourth-order valence-electron chi connectivity index (χ4n) is 3.05. The van der Waals surface area contributed by atoms with Gasteiger partial charge in [0.25, 0.3) is 0 Å². The summed E-state index contributed by atoms with van der Waals surface area (Å²) < 4.78 is 16.6. The number of rotatable bonds is 1. The molecule has 2 aliphatic heterocycles. The molecule has 0 spiro atoms. The third-order valence-electron chi connectivity index (χ3n) is 4.55. The number of nitrogens with one attached hydrogen (secondary N) is 1. The second kappa shape index (κ2) is 6.20. The van der Waals surface area contributed by atoms with Crippen LogP contribution in [-0.4, -0.2) is 30.4 Å². The van der Waals surface area contributed by atoms with E-state index in [1.165, 1.54) is 0 Å². The normalized spacial score (nSPS) is 18.2. The van der Waals surface area contributed by atoms with Crippen LogP contribution < -0.4 is 19.5 Å². The summed E-state index contributed by atoms with van der Waals surface area (Å²) in [6.07, 6.45) is 0. The van der Waals surface area contributed by atoms with Crippen LogP contribution in [0.2, 0.25) is 0 Å². The molecule has 0 saturated carbocycles. The zero-order chi connectivity index (χ0) is 17.4. The molecule has 2 amide bonds. The molecule has 0 bridgehead atoms. The molecule has 2 aliphatic rings. The zero-order valence-electron chi connectivity index (χ0n) is 14.2. The molecule has 0 saturated heterocycles. The van der Waals surface area contributed by atoms with Crippen LogP contribution in [0.5, 0.6) is 17.2 Å². The Balaban J connectivity index is 1.56. The molecular weight excluding hydrogens is 320 g/mol. The van der Waals surface area contributed by atoms with Crippen LogP contribution in [-0.2, 0) is 6.54 Å². The lowest BCUT2D eigenvalue weighted by atomic mass is 10.1. The number of ether oxygens (including phenoxy) is 3. The predicted octanol–water partition coefficient (Wildman–Crippen LogP) is 3.54. The van der Waals surface area contributed by atoms with Crippen LogP contribution in [0, 0.1) is 6.92 Å². The van der Waals surface area contributed by atoms with Crippen molar-refractivity contribution >= 4 is 11.7 Å². The third-order valence-corrected chi connectivity index (χ3v) is 4.55. The summed E-state index contributed by atoms with van der Waals surface area (Å²) in [6, 6.07) is 11.3. The van der Waals surface area contributed by atoms with E-state index >= 15 is 0 Å². The lowest BCUT2D eigenvalue weighted by Crippen LogP contribution is -2.42. The highest BCUT2D eigenvalue weighted by molar-refractivity contribution is 5.91. The lowest BCUT2D eigenvalue weighted by Gasteiger charge is -2.27. The van der Waals surface area contributed by atoms with E-state index in [1.807, 2.05) is 50.2 Å². The Hall–Kier alpha value is -2.89. The highest BCUT2D eigenvalue weighted by Gasteiger charge is 2.26. The minimum absolute atomic E-state index is 0.0401. The Labute approximate surface area is 146 Å². The third kappa shape index (κ3) is 2.95. The molecular formula is C19H20N2O4. The number of fused-ring (bicyclic) bond motifs is 2. The second-order valence-electron chi connectivity index (χ2n) is 6.35. The van der Waals surface area contributed by atoms with Gasteiger partial charge in [-0.2, -0.15) is 0 Å². The molecule has 1 N–H and O–H groups in total. The van der Waals surface area contributed by atoms with Crippen LogP contribution in [0.4, 0.5) is 10.5 Å². The van der Waals surface area contributed by atoms with Crippen molar-refractivity contribution in [3.8, 4) is 17.2 Å². The summed E-state index contributed by atoms with van der Waals surface area (Å²) in [4.78, 5) is 14.7. The van der Waals surface area contributed by atoms with Crippen molar-refractivity contribution in [3.63, 3.8) is 0 Å². The van der Waals surface area contributed by atoms with Gasteiger partial charge in [-0.05, 0) is 31.5 Å². The fraction of sp³-hybridized carbons (Fsp3) is 0.316. The van der Waals surface area contributed by atoms with Gasteiger partial charge in [0.15, 0.2) is 11.5 Å². The summed E-state index contributed by atoms with van der Waals surface area (Å²) in [5.74, 6) is 2.20. The van der Waals surface area contributed by atoms with Crippen molar-refractivity contribution in [1.82, 2.24) is 4.90 Å². The number of hydrogen-bond acceptors (Lipinski definition) is 4. The van der Waals surface area contributed by atoms with E-state index in [-0.39, 0.29) is 18.9 Å². The Morgan fingerprint density at radius 3 is 2.72 bits per heavy atom. The first-order valence-corrected chi connectivity index (χ1v) is 8.30. The summed E-state index contributed by atoms with van der Waals surface area (Å²) in [5.41, 5.74) is 2.65. The maximum atomic E-state index is 12.9. The van der Waals surface area contributed by atoms with Crippen LogP contribution >= 0.6 is 0 Å². The van der Waals surface area contributed by atoms with Gasteiger partial charge < -0.3 is 24.4 Å². The van der Waals surface area contributed by atoms with Crippen molar-refractivity contribution in [2.45, 2.75) is 26.4 Å². The molecule has 0 fully saturated rings. The quantitative estimate of drug-likeness (QED) is 0.863. The number of benzene rings is 2. The number of para-hydroxylation sites is 1. The van der Waals surface area contributed by atoms with Gasteiger partial charge in [-0.15, -0.1) is 0 Å². The first-order valence-electron chi connectivity index (χ1n) is 8.30. The van der Waals surface area contributed by atoms with Gasteiger partial charge in [-0.1, -0.05) is 18.2 Å². The van der Waals surface area contributed by atoms with E-state index in [4.69, 9.17) is 14.2 Å². The standard InChI is InChI=1S/C19H20N2O4/c1-12-7-17-18(25-11-24-17)8-15(12)20-19(22)21-9-14-5-3-4-6-16(14)23-10-13(21)2/h3-8,13H,9-11H2,1-2H3,(H,20,22). The molecule has 6 nitrogen and oxygen atoms in total. The van der Waals surface area contributed by atoms with Crippen LogP contribution in [0.25, 0.3) is 0 Å². The highest BCUT2D eigenvalue weighted by Crippen LogP contribution is 2.37. The number of urea groups is 1. The number of anilines is 1. The maximum Gasteiger partial charge on any atom is 0.322 e. The van der Waals surface area contributed by atoms with Gasteiger partial charge in [0.2, 0.25) is 6.79 Å². The monoisotopic (exact) mass is 340 g/mol. The Morgan fingerprint density at radius 2 is 1.88 bits per heavy atom. The van der Waals surface area contributed by atoms with Crippen LogP contribution in [0.3, 0.4) is 0 Å². The van der Waals surface area contributed by atoms with E-state index in [1.54, 1.807) is 4.90 Å². The number of amides is 2. The largest absolute Gasteiger partial charge is 0.491 e. The average molecular weight is 340 g/mol. The lowest BCUT2D eigenvalue weighted by molar-refractivity contribution is 0.168. The summed E-state index contributed by atoms with van der Waals surface area (Å²) >= 11 is 0. The molecule has 4 rings (SSSR count). The first kappa shape index (κ1) is 15.6. The van der Waals surface area contributed by atoms with E-state index in [9.17, 15) is 4.79 Å².